The Kier molecular flexibility index (Phi) is 154. The lowest BCUT2D eigenvalue weighted by Crippen LogP contribution is -1.66. The molecule has 0 rings (SSSR count). The third kappa shape index (κ3) is 0. The van der Waals surface area contributed by atoms with E-state index in [9.17, 15) is 0 Å². The van der Waals surface area contributed by atoms with E-state index < -0.39 is 0 Å². The average molecular weight is 443 g/mol. The molecule has 0 N–H and O–H groups in total. The van der Waals surface area contributed by atoms with E-state index in [2.05, 4.69) is 138 Å². The molecule has 0 nitrogen and oxygen atoms in total. The van der Waals surface area contributed by atoms with E-state index in [1.54, 1.807) is 0 Å². The van der Waals surface area contributed by atoms with Crippen molar-refractivity contribution in [3.63, 3.8) is 0 Å². The summed E-state index contributed by atoms with van der Waals surface area (Å²) in [5.41, 5.74) is 0. The molecule has 0 saturated heterocycles. The molecule has 0 bridgehead atoms. The van der Waals surface area contributed by atoms with Crippen LogP contribution >= 0.6 is 0 Å². The quantitative estimate of drug-likeness (QED) is 0.349. The van der Waals surface area contributed by atoms with E-state index in [1.807, 2.05) is 0 Å². The fourth-order valence-electron chi connectivity index (χ4n) is 0. The Morgan fingerprint density at radius 2 is 0.333 bits per heavy atom. The van der Waals surface area contributed by atoms with Gasteiger partial charge in [0.25, 0.3) is 0 Å². The minimum Gasteiger partial charge on any atom is -0.0776 e. The average Bonchev–Trinajstić information content (AvgIpc) is 2.59. The molecule has 0 spiro atoms. The van der Waals surface area contributed by atoms with Crippen LogP contribution in [-0.4, -0.2) is 0 Å². The number of hydrogen-bond donors (Lipinski definition) is 0. The van der Waals surface area contributed by atoms with Gasteiger partial charge in [-0.25, -0.2) is 0 Å². The maximum atomic E-state index is 5.75. The fourth-order valence-corrected chi connectivity index (χ4v) is 0. The van der Waals surface area contributed by atoms with Gasteiger partial charge in [0.15, 0.2) is 0 Å². The highest BCUT2D eigenvalue weighted by Gasteiger charge is 1.69. The first-order chi connectivity index (χ1) is 14.6. The van der Waals surface area contributed by atoms with Crippen molar-refractivity contribution >= 4 is 0 Å². The van der Waals surface area contributed by atoms with Gasteiger partial charge < -0.3 is 0 Å². The van der Waals surface area contributed by atoms with Crippen molar-refractivity contribution in [3.8, 4) is 0 Å². The lowest BCUT2D eigenvalue weighted by atomic mass is 10.3. The van der Waals surface area contributed by atoms with Crippen molar-refractivity contribution in [2.45, 2.75) is 179 Å². The smallest absolute Gasteiger partial charge is 0.0194 e. The van der Waals surface area contributed by atoms with E-state index in [1.165, 1.54) is 40.5 Å². The Morgan fingerprint density at radius 1 is 0.333 bits per heavy atom. The van der Waals surface area contributed by atoms with Crippen LogP contribution in [-0.2, 0) is 0 Å². The largest absolute Gasteiger partial charge is 0.0776 e. The molecule has 0 heteroatoms. The maximum Gasteiger partial charge on any atom is 0.0194 e. The first kappa shape index (κ1) is 52.1. The van der Waals surface area contributed by atoms with Crippen molar-refractivity contribution in [1.82, 2.24) is 0 Å². The van der Waals surface area contributed by atoms with Gasteiger partial charge in [0.05, 0.1) is 0 Å². The zero-order valence-corrected chi connectivity index (χ0v) is 27.1. The lowest BCUT2D eigenvalue weighted by Gasteiger charge is -1.79. The van der Waals surface area contributed by atoms with Crippen LogP contribution in [0.3, 0.4) is 0 Å². The van der Waals surface area contributed by atoms with Crippen molar-refractivity contribution in [2.75, 3.05) is 0 Å². The van der Waals surface area contributed by atoms with Crippen LogP contribution < -0.4 is 0 Å². The summed E-state index contributed by atoms with van der Waals surface area (Å²) in [7, 11) is 2.50. The highest BCUT2D eigenvalue weighted by Crippen LogP contribution is 1.82. The van der Waals surface area contributed by atoms with Crippen molar-refractivity contribution in [3.05, 3.63) is 0 Å². The Morgan fingerprint density at radius 3 is 0.333 bits per heavy atom. The zero-order chi connectivity index (χ0) is 29.1. The molecule has 200 valence electrons. The molecule has 0 aliphatic carbocycles. The van der Waals surface area contributed by atoms with Gasteiger partial charge in [-0.2, -0.15) is 0 Å². The predicted octanol–water partition coefficient (Wildman–Crippen LogP) is 13.6. The van der Waals surface area contributed by atoms with Crippen LogP contribution in [0.15, 0.2) is 0 Å². The van der Waals surface area contributed by atoms with Gasteiger partial charge in [-0.3, -0.25) is 0 Å². The molecule has 0 aromatic rings. The van der Waals surface area contributed by atoms with E-state index >= 15 is 0 Å². The number of rotatable bonds is 0. The van der Waals surface area contributed by atoms with Crippen LogP contribution in [0.5, 0.6) is 0 Å². The van der Waals surface area contributed by atoms with Gasteiger partial charge in [0, 0.05) is 2.74 Å². The molecule has 30 heavy (non-hydrogen) atoms. The van der Waals surface area contributed by atoms with Crippen LogP contribution in [0, 0.1) is 23.7 Å². The molecule has 0 amide bonds. The second-order valence-corrected chi connectivity index (χ2v) is 9.76. The molecule has 0 radical (unpaired) electrons. The Balaban J connectivity index is -0.0000000212. The highest BCUT2D eigenvalue weighted by atomic mass is 13.8. The Bertz CT molecular complexity index is 87.8. The summed E-state index contributed by atoms with van der Waals surface area (Å²) >= 11 is 0. The molecule has 0 unspecified atom stereocenters. The summed E-state index contributed by atoms with van der Waals surface area (Å²) in [6.45, 7) is 43.0. The molecule has 0 aromatic carbocycles. The summed E-state index contributed by atoms with van der Waals surface area (Å²) < 4.78 is 11.5. The molecule has 0 fully saturated rings. The van der Waals surface area contributed by atoms with Crippen LogP contribution in [0.25, 0.3) is 0 Å². The summed E-state index contributed by atoms with van der Waals surface area (Å²) in [6, 6.07) is 0. The van der Waals surface area contributed by atoms with Crippen molar-refractivity contribution < 1.29 is 2.74 Å². The fraction of sp³-hybridized carbons (Fsp3) is 1.00. The molecule has 0 atom stereocenters. The normalized spacial score (nSPS) is 7.67. The van der Waals surface area contributed by atoms with E-state index in [4.69, 9.17) is 2.74 Å². The van der Waals surface area contributed by atoms with Gasteiger partial charge in [0.2, 0.25) is 0 Å². The summed E-state index contributed by atoms with van der Waals surface area (Å²) in [5.74, 6) is 3.33. The molecule has 0 aliphatic rings. The first-order valence-corrected chi connectivity index (χ1v) is 12.6. The van der Waals surface area contributed by atoms with E-state index in [-0.39, 0.29) is 0 Å². The molecular weight excluding hydrogens is 360 g/mol. The first-order valence-electron chi connectivity index (χ1n) is 14.6. The van der Waals surface area contributed by atoms with Gasteiger partial charge in [-0.1, -0.05) is 179 Å². The number of hydrogen-bond acceptors (Lipinski definition) is 0. The summed E-state index contributed by atoms with van der Waals surface area (Å²) in [6.07, 6.45) is 5.00. The third-order valence-electron chi connectivity index (χ3n) is 0. The molecule has 0 aliphatic heterocycles. The second-order valence-electron chi connectivity index (χ2n) is 9.76. The van der Waals surface area contributed by atoms with E-state index in [0.717, 1.165) is 23.7 Å². The maximum absolute atomic E-state index is 5.75. The van der Waals surface area contributed by atoms with Gasteiger partial charge in [-0.05, 0) is 23.7 Å². The van der Waals surface area contributed by atoms with Gasteiger partial charge in [-0.15, -0.1) is 0 Å². The Labute approximate surface area is 205 Å². The Hall–Kier alpha value is 0. The topological polar surface area (TPSA) is 0 Å². The summed E-state index contributed by atoms with van der Waals surface area (Å²) in [4.78, 5) is 0. The predicted molar refractivity (Wildman–Crippen MR) is 159 cm³/mol. The van der Waals surface area contributed by atoms with E-state index in [0.29, 0.717) is 0 Å². The SMILES string of the molecule is CC(C)C.CC(C)C.CC(C)C.CC(C)C.CCC.CCC.CCC.CCC.[2H]C.[2H]C. The standard InChI is InChI=1S/4C4H10.4C3H8.2CH4/c4*1-4(2)3;4*1-3-2;;/h4*4H,1-3H3;4*3H2,1-2H3;2*1H4/i;;;;;;;;2*1D. The summed E-state index contributed by atoms with van der Waals surface area (Å²) in [5, 5.41) is 0. The highest BCUT2D eigenvalue weighted by molar-refractivity contribution is 4.21. The monoisotopic (exact) mass is 443 g/mol. The van der Waals surface area contributed by atoms with Crippen LogP contribution in [0.4, 0.5) is 0 Å². The van der Waals surface area contributed by atoms with Crippen LogP contribution in [0.1, 0.15) is 182 Å². The second kappa shape index (κ2) is 88.8. The van der Waals surface area contributed by atoms with Crippen molar-refractivity contribution in [2.24, 2.45) is 23.7 Å². The molecule has 0 aromatic heterocycles. The minimum atomic E-state index is 0.833. The molecule has 0 saturated carbocycles. The lowest BCUT2D eigenvalue weighted by molar-refractivity contribution is 0.736. The van der Waals surface area contributed by atoms with Gasteiger partial charge >= 0.3 is 0 Å². The molecule has 0 heterocycles. The van der Waals surface area contributed by atoms with Crippen LogP contribution in [0.2, 0.25) is 0 Å². The molecular formula is C30H80. The van der Waals surface area contributed by atoms with Gasteiger partial charge in [0.1, 0.15) is 0 Å². The zero-order valence-electron chi connectivity index (χ0n) is 29.1. The third-order valence-corrected chi connectivity index (χ3v) is 0. The van der Waals surface area contributed by atoms with Crippen molar-refractivity contribution in [1.29, 1.82) is 0 Å². The minimum absolute atomic E-state index is 0.833.